The molecule has 1 amide bonds. The van der Waals surface area contributed by atoms with Gasteiger partial charge in [-0.05, 0) is 65.9 Å². The van der Waals surface area contributed by atoms with Crippen molar-refractivity contribution in [3.8, 4) is 5.75 Å². The zero-order valence-corrected chi connectivity index (χ0v) is 19.5. The highest BCUT2D eigenvalue weighted by molar-refractivity contribution is 8.18. The number of anilines is 1. The largest absolute Gasteiger partial charge is 0.507 e. The van der Waals surface area contributed by atoms with Crippen LogP contribution >= 0.6 is 23.4 Å². The number of nitrogens with zero attached hydrogens (tertiary/aromatic N) is 4. The highest BCUT2D eigenvalue weighted by Crippen LogP contribution is 2.35. The molecular formula is C24H21ClN4O3S. The van der Waals surface area contributed by atoms with Gasteiger partial charge in [-0.2, -0.15) is 5.10 Å². The van der Waals surface area contributed by atoms with E-state index < -0.39 is 0 Å². The molecule has 3 aromatic rings. The topological polar surface area (TPSA) is 81.6 Å². The third-order valence-corrected chi connectivity index (χ3v) is 6.05. The number of phenolic OH excluding ortho intramolecular Hbond substituents is 1. The van der Waals surface area contributed by atoms with E-state index in [9.17, 15) is 9.90 Å². The van der Waals surface area contributed by atoms with Crippen molar-refractivity contribution in [3.05, 3.63) is 87.7 Å². The molecule has 0 saturated carbocycles. The van der Waals surface area contributed by atoms with Gasteiger partial charge in [-0.15, -0.1) is 5.10 Å². The van der Waals surface area contributed by atoms with Crippen molar-refractivity contribution in [3.63, 3.8) is 0 Å². The fraction of sp³-hybridized carbons (Fsp3) is 0.125. The number of furan rings is 1. The van der Waals surface area contributed by atoms with Gasteiger partial charge in [0.2, 0.25) is 0 Å². The summed E-state index contributed by atoms with van der Waals surface area (Å²) in [6.07, 6.45) is 4.78. The molecule has 1 aliphatic heterocycles. The van der Waals surface area contributed by atoms with E-state index in [1.807, 2.05) is 43.3 Å². The summed E-state index contributed by atoms with van der Waals surface area (Å²) >= 11 is 7.21. The fourth-order valence-electron chi connectivity index (χ4n) is 3.07. The van der Waals surface area contributed by atoms with Crippen molar-refractivity contribution < 1.29 is 14.3 Å². The normalized spacial score (nSPS) is 16.5. The molecule has 0 aliphatic carbocycles. The minimum absolute atomic E-state index is 0.0301. The first-order valence-corrected chi connectivity index (χ1v) is 11.2. The van der Waals surface area contributed by atoms with E-state index in [4.69, 9.17) is 16.0 Å². The molecule has 4 rings (SSSR count). The highest BCUT2D eigenvalue weighted by Gasteiger charge is 2.34. The van der Waals surface area contributed by atoms with Crippen molar-refractivity contribution in [2.75, 3.05) is 19.0 Å². The van der Waals surface area contributed by atoms with Gasteiger partial charge in [0, 0.05) is 30.4 Å². The number of aromatic hydroxyl groups is 1. The van der Waals surface area contributed by atoms with Crippen LogP contribution in [0.25, 0.3) is 6.08 Å². The van der Waals surface area contributed by atoms with Gasteiger partial charge in [0.05, 0.1) is 23.9 Å². The van der Waals surface area contributed by atoms with Crippen LogP contribution in [0.1, 0.15) is 16.9 Å². The third kappa shape index (κ3) is 5.47. The van der Waals surface area contributed by atoms with Crippen LogP contribution in [-0.4, -0.2) is 41.4 Å². The number of halogens is 1. The zero-order chi connectivity index (χ0) is 23.4. The molecule has 1 aliphatic rings. The van der Waals surface area contributed by atoms with Crippen LogP contribution in [0.2, 0.25) is 5.02 Å². The average molecular weight is 481 g/mol. The summed E-state index contributed by atoms with van der Waals surface area (Å²) in [5.74, 6) is 0.384. The fourth-order valence-corrected chi connectivity index (χ4v) is 4.17. The molecule has 2 aromatic carbocycles. The van der Waals surface area contributed by atoms with Crippen LogP contribution in [0.4, 0.5) is 5.69 Å². The lowest BCUT2D eigenvalue weighted by Gasteiger charge is -2.12. The number of phenols is 1. The number of benzene rings is 2. The Labute approximate surface area is 200 Å². The molecule has 33 heavy (non-hydrogen) atoms. The van der Waals surface area contributed by atoms with E-state index in [0.29, 0.717) is 26.4 Å². The third-order valence-electron chi connectivity index (χ3n) is 4.82. The average Bonchev–Trinajstić information content (AvgIpc) is 3.41. The lowest BCUT2D eigenvalue weighted by Crippen LogP contribution is -2.28. The van der Waals surface area contributed by atoms with Gasteiger partial charge in [-0.1, -0.05) is 23.7 Å². The number of rotatable bonds is 6. The number of hydrogen-bond acceptors (Lipinski definition) is 7. The molecule has 0 radical (unpaired) electrons. The second-order valence-electron chi connectivity index (χ2n) is 7.40. The number of amides is 1. The Morgan fingerprint density at radius 2 is 1.97 bits per heavy atom. The number of carbonyl (C=O) groups is 1. The molecule has 1 saturated heterocycles. The summed E-state index contributed by atoms with van der Waals surface area (Å²) in [5, 5.41) is 19.5. The maximum atomic E-state index is 13.1. The monoisotopic (exact) mass is 480 g/mol. The lowest BCUT2D eigenvalue weighted by atomic mass is 10.2. The van der Waals surface area contributed by atoms with Crippen LogP contribution in [0.15, 0.2) is 80.4 Å². The van der Waals surface area contributed by atoms with Crippen molar-refractivity contribution in [2.45, 2.75) is 6.54 Å². The summed E-state index contributed by atoms with van der Waals surface area (Å²) in [6.45, 7) is 0.212. The number of amidine groups is 1. The Kier molecular flexibility index (Phi) is 6.86. The summed E-state index contributed by atoms with van der Waals surface area (Å²) in [7, 11) is 3.95. The van der Waals surface area contributed by atoms with Gasteiger partial charge in [0.1, 0.15) is 11.5 Å². The van der Waals surface area contributed by atoms with E-state index in [1.54, 1.807) is 42.8 Å². The summed E-state index contributed by atoms with van der Waals surface area (Å²) in [5.41, 5.74) is 2.41. The van der Waals surface area contributed by atoms with Crippen molar-refractivity contribution in [2.24, 2.45) is 10.2 Å². The number of carbonyl (C=O) groups excluding carboxylic acids is 1. The van der Waals surface area contributed by atoms with E-state index in [0.717, 1.165) is 11.3 Å². The first-order chi connectivity index (χ1) is 15.9. The minimum Gasteiger partial charge on any atom is -0.507 e. The summed E-state index contributed by atoms with van der Waals surface area (Å²) in [4.78, 5) is 17.0. The summed E-state index contributed by atoms with van der Waals surface area (Å²) in [6, 6.07) is 16.1. The molecule has 1 aromatic heterocycles. The molecule has 1 N–H and O–H groups in total. The number of hydrogen-bond donors (Lipinski definition) is 1. The lowest BCUT2D eigenvalue weighted by molar-refractivity contribution is -0.122. The van der Waals surface area contributed by atoms with Crippen molar-refractivity contribution in [1.82, 2.24) is 4.90 Å². The molecule has 1 fully saturated rings. The standard InChI is InChI=1S/C24H21ClN4O3S/c1-28(2)19-8-5-16(6-9-19)14-26-27-24-29(15-20-4-3-11-32-20)23(31)22(33-24)13-17-12-18(25)7-10-21(17)30/h3-14,30H,15H2,1-2H3/b22-13-,26-14-,27-24+. The molecular weight excluding hydrogens is 460 g/mol. The molecule has 7 nitrogen and oxygen atoms in total. The van der Waals surface area contributed by atoms with E-state index in [-0.39, 0.29) is 18.2 Å². The predicted molar refractivity (Wildman–Crippen MR) is 134 cm³/mol. The Morgan fingerprint density at radius 1 is 1.18 bits per heavy atom. The first-order valence-electron chi connectivity index (χ1n) is 10.0. The van der Waals surface area contributed by atoms with Gasteiger partial charge < -0.3 is 14.4 Å². The van der Waals surface area contributed by atoms with Gasteiger partial charge in [-0.3, -0.25) is 9.69 Å². The predicted octanol–water partition coefficient (Wildman–Crippen LogP) is 5.21. The van der Waals surface area contributed by atoms with Crippen LogP contribution in [0, 0.1) is 0 Å². The smallest absolute Gasteiger partial charge is 0.267 e. The minimum atomic E-state index is -0.264. The van der Waals surface area contributed by atoms with Gasteiger partial charge in [-0.25, -0.2) is 0 Å². The molecule has 0 spiro atoms. The van der Waals surface area contributed by atoms with E-state index >= 15 is 0 Å². The Bertz CT molecular complexity index is 1240. The SMILES string of the molecule is CN(C)c1ccc(/C=N\N=C2\S/C(=C\c3cc(Cl)ccc3O)C(=O)N2Cc2ccco2)cc1. The maximum absolute atomic E-state index is 13.1. The Hall–Kier alpha value is -3.49. The maximum Gasteiger partial charge on any atom is 0.267 e. The first kappa shape index (κ1) is 22.7. The van der Waals surface area contributed by atoms with Crippen LogP contribution in [0.3, 0.4) is 0 Å². The Morgan fingerprint density at radius 3 is 2.67 bits per heavy atom. The van der Waals surface area contributed by atoms with E-state index in [2.05, 4.69) is 10.2 Å². The molecule has 0 atom stereocenters. The molecule has 168 valence electrons. The molecule has 0 unspecified atom stereocenters. The molecule has 9 heteroatoms. The van der Waals surface area contributed by atoms with Gasteiger partial charge >= 0.3 is 0 Å². The molecule has 0 bridgehead atoms. The van der Waals surface area contributed by atoms with Crippen molar-refractivity contribution >= 4 is 52.4 Å². The van der Waals surface area contributed by atoms with Crippen LogP contribution in [0.5, 0.6) is 5.75 Å². The van der Waals surface area contributed by atoms with Gasteiger partial charge in [0.15, 0.2) is 5.17 Å². The van der Waals surface area contributed by atoms with Crippen LogP contribution < -0.4 is 4.90 Å². The summed E-state index contributed by atoms with van der Waals surface area (Å²) < 4.78 is 5.41. The number of thioether (sulfide) groups is 1. The van der Waals surface area contributed by atoms with Crippen molar-refractivity contribution in [1.29, 1.82) is 0 Å². The zero-order valence-electron chi connectivity index (χ0n) is 18.0. The quantitative estimate of drug-likeness (QED) is 0.297. The second kappa shape index (κ2) is 9.97. The van der Waals surface area contributed by atoms with Crippen LogP contribution in [-0.2, 0) is 11.3 Å². The van der Waals surface area contributed by atoms with E-state index in [1.165, 1.54) is 22.7 Å². The Balaban J connectivity index is 1.61. The molecule has 2 heterocycles. The second-order valence-corrected chi connectivity index (χ2v) is 8.84. The van der Waals surface area contributed by atoms with Gasteiger partial charge in [0.25, 0.3) is 5.91 Å². The highest BCUT2D eigenvalue weighted by atomic mass is 35.5.